The molecule has 1 fully saturated rings. The number of carbonyl (C=O) groups is 1. The number of carbonyl (C=O) groups excluding carboxylic acids is 1. The molecule has 63 valence electrons. The molecule has 0 spiro atoms. The van der Waals surface area contributed by atoms with E-state index in [1.807, 2.05) is 0 Å². The maximum atomic E-state index is 11.0. The predicted octanol–water partition coefficient (Wildman–Crippen LogP) is -0.716. The summed E-state index contributed by atoms with van der Waals surface area (Å²) in [5.74, 6) is -0.0782. The molecule has 11 heavy (non-hydrogen) atoms. The maximum absolute atomic E-state index is 11.0. The second-order valence-electron chi connectivity index (χ2n) is 2.77. The van der Waals surface area contributed by atoms with Gasteiger partial charge in [0.2, 0.25) is 5.91 Å². The Morgan fingerprint density at radius 1 is 1.64 bits per heavy atom. The molecule has 1 aliphatic rings. The van der Waals surface area contributed by atoms with E-state index in [1.165, 1.54) is 0 Å². The second-order valence-corrected chi connectivity index (χ2v) is 2.77. The van der Waals surface area contributed by atoms with Gasteiger partial charge in [0, 0.05) is 13.5 Å². The fraction of sp³-hybridized carbons (Fsp3) is 0.857. The third kappa shape index (κ3) is 2.17. The highest BCUT2D eigenvalue weighted by molar-refractivity contribution is 5.81. The summed E-state index contributed by atoms with van der Waals surface area (Å²) in [6.07, 6.45) is 0.478. The van der Waals surface area contributed by atoms with Gasteiger partial charge in [-0.2, -0.15) is 0 Å². The van der Waals surface area contributed by atoms with Crippen LogP contribution in [0.25, 0.3) is 0 Å². The topological polar surface area (TPSA) is 61.0 Å². The van der Waals surface area contributed by atoms with Crippen LogP contribution in [0, 0.1) is 0 Å². The Bertz CT molecular complexity index is 149. The van der Waals surface area contributed by atoms with Crippen LogP contribution in [0.4, 0.5) is 0 Å². The van der Waals surface area contributed by atoms with Crippen LogP contribution in [0.2, 0.25) is 0 Å². The van der Waals surface area contributed by atoms with Crippen LogP contribution in [0.1, 0.15) is 12.8 Å². The summed E-state index contributed by atoms with van der Waals surface area (Å²) in [6, 6.07) is -0.267. The standard InChI is InChI=1S/C7H13N2O2/c1-8-7(11)6-4-5(10)2-3-9-6/h5-6,9H,2-4H2,1H3,(H,8,11). The fourth-order valence-corrected chi connectivity index (χ4v) is 1.26. The van der Waals surface area contributed by atoms with Crippen molar-refractivity contribution in [3.05, 3.63) is 0 Å². The molecule has 0 aromatic heterocycles. The molecule has 1 heterocycles. The number of likely N-dealkylation sites (N-methyl/N-ethyl adjacent to an activating group) is 1. The van der Waals surface area contributed by atoms with Crippen molar-refractivity contribution in [3.63, 3.8) is 0 Å². The van der Waals surface area contributed by atoms with Gasteiger partial charge in [-0.1, -0.05) is 0 Å². The van der Waals surface area contributed by atoms with Gasteiger partial charge in [0.15, 0.2) is 0 Å². The number of amides is 1. The Morgan fingerprint density at radius 2 is 2.36 bits per heavy atom. The van der Waals surface area contributed by atoms with E-state index in [0.717, 1.165) is 0 Å². The Hall–Kier alpha value is -0.610. The highest BCUT2D eigenvalue weighted by atomic mass is 16.3. The predicted molar refractivity (Wildman–Crippen MR) is 39.6 cm³/mol. The first-order valence-electron chi connectivity index (χ1n) is 3.85. The molecule has 1 aliphatic heterocycles. The Labute approximate surface area is 66.0 Å². The van der Waals surface area contributed by atoms with Gasteiger partial charge in [-0.15, -0.1) is 0 Å². The molecule has 1 amide bonds. The third-order valence-corrected chi connectivity index (χ3v) is 1.92. The van der Waals surface area contributed by atoms with Crippen LogP contribution in [-0.2, 0) is 9.90 Å². The van der Waals surface area contributed by atoms with Gasteiger partial charge in [-0.3, -0.25) is 4.79 Å². The quantitative estimate of drug-likeness (QED) is 0.528. The lowest BCUT2D eigenvalue weighted by molar-refractivity contribution is -0.124. The first kappa shape index (κ1) is 8.49. The van der Waals surface area contributed by atoms with Crippen LogP contribution < -0.4 is 10.6 Å². The summed E-state index contributed by atoms with van der Waals surface area (Å²) in [7, 11) is 1.58. The van der Waals surface area contributed by atoms with Crippen molar-refractivity contribution >= 4 is 5.91 Å². The summed E-state index contributed by atoms with van der Waals surface area (Å²) < 4.78 is 0. The number of hydrogen-bond acceptors (Lipinski definition) is 2. The van der Waals surface area contributed by atoms with Crippen molar-refractivity contribution in [1.82, 2.24) is 10.6 Å². The Kier molecular flexibility index (Phi) is 2.84. The van der Waals surface area contributed by atoms with Crippen molar-refractivity contribution < 1.29 is 9.90 Å². The van der Waals surface area contributed by atoms with Gasteiger partial charge < -0.3 is 10.6 Å². The minimum atomic E-state index is -0.571. The van der Waals surface area contributed by atoms with E-state index in [-0.39, 0.29) is 11.9 Å². The highest BCUT2D eigenvalue weighted by Gasteiger charge is 2.25. The minimum absolute atomic E-state index is 0.0782. The Morgan fingerprint density at radius 3 is 2.91 bits per heavy atom. The van der Waals surface area contributed by atoms with Gasteiger partial charge in [-0.25, -0.2) is 5.11 Å². The van der Waals surface area contributed by atoms with Crippen molar-refractivity contribution in [1.29, 1.82) is 0 Å². The molecule has 0 aromatic rings. The summed E-state index contributed by atoms with van der Waals surface area (Å²) in [4.78, 5) is 11.0. The van der Waals surface area contributed by atoms with E-state index >= 15 is 0 Å². The minimum Gasteiger partial charge on any atom is -0.358 e. The van der Waals surface area contributed by atoms with Gasteiger partial charge in [0.1, 0.15) is 0 Å². The second kappa shape index (κ2) is 3.69. The average molecular weight is 157 g/mol. The maximum Gasteiger partial charge on any atom is 0.236 e. The van der Waals surface area contributed by atoms with Crippen molar-refractivity contribution in [2.45, 2.75) is 25.0 Å². The average Bonchev–Trinajstić information content (AvgIpc) is 2.03. The lowest BCUT2D eigenvalue weighted by atomic mass is 10.0. The van der Waals surface area contributed by atoms with Crippen molar-refractivity contribution in [2.24, 2.45) is 0 Å². The number of hydrogen-bond donors (Lipinski definition) is 2. The van der Waals surface area contributed by atoms with Crippen molar-refractivity contribution in [2.75, 3.05) is 13.6 Å². The molecule has 2 unspecified atom stereocenters. The molecule has 0 aromatic carbocycles. The molecule has 1 radical (unpaired) electrons. The third-order valence-electron chi connectivity index (χ3n) is 1.92. The van der Waals surface area contributed by atoms with Crippen LogP contribution in [0.3, 0.4) is 0 Å². The number of piperidine rings is 1. The molecule has 2 atom stereocenters. The highest BCUT2D eigenvalue weighted by Crippen LogP contribution is 2.08. The largest absolute Gasteiger partial charge is 0.358 e. The van der Waals surface area contributed by atoms with Gasteiger partial charge in [-0.05, 0) is 13.0 Å². The van der Waals surface area contributed by atoms with Gasteiger partial charge in [0.25, 0.3) is 0 Å². The zero-order valence-electron chi connectivity index (χ0n) is 6.59. The van der Waals surface area contributed by atoms with E-state index in [1.54, 1.807) is 7.05 Å². The molecule has 0 bridgehead atoms. The molecule has 4 nitrogen and oxygen atoms in total. The van der Waals surface area contributed by atoms with E-state index < -0.39 is 6.10 Å². The molecular formula is C7H13N2O2. The Balaban J connectivity index is 2.39. The molecule has 0 saturated carbocycles. The smallest absolute Gasteiger partial charge is 0.236 e. The zero-order valence-corrected chi connectivity index (χ0v) is 6.59. The lowest BCUT2D eigenvalue weighted by Crippen LogP contribution is -2.48. The molecular weight excluding hydrogens is 144 g/mol. The van der Waals surface area contributed by atoms with Crippen molar-refractivity contribution in [3.8, 4) is 0 Å². The van der Waals surface area contributed by atoms with Crippen LogP contribution in [0.15, 0.2) is 0 Å². The molecule has 4 heteroatoms. The molecule has 1 saturated heterocycles. The first-order chi connectivity index (χ1) is 5.24. The number of nitrogens with one attached hydrogen (secondary N) is 2. The van der Waals surface area contributed by atoms with E-state index in [4.69, 9.17) is 0 Å². The fourth-order valence-electron chi connectivity index (χ4n) is 1.26. The lowest BCUT2D eigenvalue weighted by Gasteiger charge is -2.24. The van der Waals surface area contributed by atoms with E-state index in [2.05, 4.69) is 10.6 Å². The van der Waals surface area contributed by atoms with Crippen LogP contribution in [-0.4, -0.2) is 31.6 Å². The van der Waals surface area contributed by atoms with E-state index in [9.17, 15) is 9.90 Å². The molecule has 2 N–H and O–H groups in total. The normalized spacial score (nSPS) is 31.5. The summed E-state index contributed by atoms with van der Waals surface area (Å²) >= 11 is 0. The summed E-state index contributed by atoms with van der Waals surface area (Å²) in [5.41, 5.74) is 0. The molecule has 1 rings (SSSR count). The van der Waals surface area contributed by atoms with Crippen LogP contribution >= 0.6 is 0 Å². The van der Waals surface area contributed by atoms with Gasteiger partial charge >= 0.3 is 0 Å². The summed E-state index contributed by atoms with van der Waals surface area (Å²) in [6.45, 7) is 0.659. The van der Waals surface area contributed by atoms with Crippen LogP contribution in [0.5, 0.6) is 0 Å². The van der Waals surface area contributed by atoms with Gasteiger partial charge in [0.05, 0.1) is 12.1 Å². The number of rotatable bonds is 1. The SMILES string of the molecule is CNC(=O)C1CC([O])CCN1. The first-order valence-corrected chi connectivity index (χ1v) is 3.85. The summed E-state index contributed by atoms with van der Waals surface area (Å²) in [5, 5.41) is 16.5. The molecule has 0 aliphatic carbocycles. The van der Waals surface area contributed by atoms with E-state index in [0.29, 0.717) is 19.4 Å². The monoisotopic (exact) mass is 157 g/mol. The zero-order chi connectivity index (χ0) is 8.27.